The summed E-state index contributed by atoms with van der Waals surface area (Å²) in [6.45, 7) is 16.4. The van der Waals surface area contributed by atoms with Gasteiger partial charge in [-0.3, -0.25) is 0 Å². The second-order valence-electron chi connectivity index (χ2n) is 19.3. The van der Waals surface area contributed by atoms with E-state index in [1.165, 1.54) is 68.9 Å². The number of hydrogen-bond donors (Lipinski definition) is 3. The third-order valence-electron chi connectivity index (χ3n) is 16.7. The van der Waals surface area contributed by atoms with Gasteiger partial charge < -0.3 is 20.4 Å². The highest BCUT2D eigenvalue weighted by Crippen LogP contribution is 2.73. The zero-order valence-electron chi connectivity index (χ0n) is 32.1. The van der Waals surface area contributed by atoms with Gasteiger partial charge in [0.15, 0.2) is 9.84 Å². The maximum Gasteiger partial charge on any atom is 0.335 e. The lowest BCUT2D eigenvalue weighted by atomic mass is 9.39. The van der Waals surface area contributed by atoms with Gasteiger partial charge >= 0.3 is 5.97 Å². The van der Waals surface area contributed by atoms with Crippen LogP contribution in [0.3, 0.4) is 0 Å². The summed E-state index contributed by atoms with van der Waals surface area (Å²) in [6, 6.07) is 8.04. The Morgan fingerprint density at radius 1 is 0.922 bits per heavy atom. The molecular weight excluding hydrogens is 657 g/mol. The molecule has 1 heterocycles. The fourth-order valence-electron chi connectivity index (χ4n) is 13.9. The fourth-order valence-corrected chi connectivity index (χ4v) is 15.2. The molecule has 10 atom stereocenters. The Hall–Kier alpha value is -1.74. The van der Waals surface area contributed by atoms with Crippen molar-refractivity contribution >= 4 is 21.4 Å². The number of allylic oxidation sites excluding steroid dienone is 2. The van der Waals surface area contributed by atoms with Crippen LogP contribution in [-0.2, 0) is 9.84 Å². The molecule has 7 rings (SSSR count). The lowest BCUT2D eigenvalue weighted by molar-refractivity contribution is -0.145. The first-order chi connectivity index (χ1) is 24.1. The SMILES string of the molecule is CC1(C)C(c2ccc(C(=O)O)cc2)=CC[C@]2(C)[C@H]3CC[C@@H]4C[C@@](C)(CCCC(NCCN5CCS(=O)(=O)CC5)C5CC[C@@H](CO)[C@@H]54)[C@]3(C)CC[C@@H]12. The van der Waals surface area contributed by atoms with Gasteiger partial charge in [0.05, 0.1) is 17.1 Å². The molecule has 4 saturated carbocycles. The van der Waals surface area contributed by atoms with E-state index in [1.807, 2.05) is 12.1 Å². The zero-order chi connectivity index (χ0) is 36.4. The topological polar surface area (TPSA) is 107 Å². The van der Waals surface area contributed by atoms with Crippen molar-refractivity contribution in [1.82, 2.24) is 10.2 Å². The van der Waals surface area contributed by atoms with Gasteiger partial charge in [-0.1, -0.05) is 59.2 Å². The average molecular weight is 723 g/mol. The number of benzene rings is 1. The number of carbonyl (C=O) groups is 1. The van der Waals surface area contributed by atoms with Gasteiger partial charge in [0.25, 0.3) is 0 Å². The smallest absolute Gasteiger partial charge is 0.335 e. The van der Waals surface area contributed by atoms with Crippen molar-refractivity contribution in [3.8, 4) is 0 Å². The van der Waals surface area contributed by atoms with E-state index in [4.69, 9.17) is 0 Å². The van der Waals surface area contributed by atoms with E-state index in [9.17, 15) is 23.4 Å². The number of carboxylic acid groups (broad SMARTS) is 1. The van der Waals surface area contributed by atoms with Crippen LogP contribution in [0.1, 0.15) is 121 Å². The lowest BCUT2D eigenvalue weighted by Crippen LogP contribution is -2.58. The van der Waals surface area contributed by atoms with Crippen LogP contribution in [0.2, 0.25) is 0 Å². The number of nitrogens with zero attached hydrogens (tertiary/aromatic N) is 1. The molecule has 6 aliphatic rings. The van der Waals surface area contributed by atoms with Crippen LogP contribution in [0.15, 0.2) is 30.3 Å². The summed E-state index contributed by atoms with van der Waals surface area (Å²) >= 11 is 0. The summed E-state index contributed by atoms with van der Waals surface area (Å²) in [5.74, 6) is 3.08. The minimum atomic E-state index is -2.86. The summed E-state index contributed by atoms with van der Waals surface area (Å²) in [5.41, 5.74) is 3.59. The third-order valence-corrected chi connectivity index (χ3v) is 18.3. The van der Waals surface area contributed by atoms with Crippen LogP contribution in [0.5, 0.6) is 0 Å². The Morgan fingerprint density at radius 2 is 1.65 bits per heavy atom. The standard InChI is InChI=1S/C43H66N2O5S/c1-40(2)34(29-8-10-30(11-9-29)39(47)48)16-19-42(4)36(40)17-20-43(5)37(42)15-13-31-27-41(43,3)18-6-7-35(33-14-12-32(28-46)38(31)33)44-21-22-45-23-25-51(49,50)26-24-45/h8-11,16,31-33,35-38,44,46H,6-7,12-15,17-28H2,1-5H3,(H,47,48)/t31-,32+,33?,35?,36+,37-,38+,41-,42+,43-/m1/s1. The molecule has 0 aromatic heterocycles. The normalized spacial score (nSPS) is 42.2. The predicted octanol–water partition coefficient (Wildman–Crippen LogP) is 7.55. The summed E-state index contributed by atoms with van der Waals surface area (Å²) < 4.78 is 24.0. The second-order valence-corrected chi connectivity index (χ2v) is 21.6. The first-order valence-corrected chi connectivity index (χ1v) is 22.3. The number of sulfone groups is 1. The van der Waals surface area contributed by atoms with Crippen molar-refractivity contribution in [2.75, 3.05) is 44.3 Å². The Bertz CT molecular complexity index is 1580. The number of nitrogens with one attached hydrogen (secondary N) is 1. The summed E-state index contributed by atoms with van der Waals surface area (Å²) in [5, 5.41) is 24.4. The van der Waals surface area contributed by atoms with Crippen LogP contribution in [0.25, 0.3) is 5.57 Å². The Morgan fingerprint density at radius 3 is 2.33 bits per heavy atom. The highest BCUT2D eigenvalue weighted by Gasteiger charge is 2.64. The molecule has 2 unspecified atom stereocenters. The monoisotopic (exact) mass is 722 g/mol. The molecule has 0 spiro atoms. The Kier molecular flexibility index (Phi) is 10.2. The quantitative estimate of drug-likeness (QED) is 0.267. The van der Waals surface area contributed by atoms with Crippen LogP contribution in [-0.4, -0.2) is 79.8 Å². The minimum absolute atomic E-state index is 0.00745. The molecule has 1 aromatic carbocycles. The van der Waals surface area contributed by atoms with Crippen molar-refractivity contribution < 1.29 is 23.4 Å². The van der Waals surface area contributed by atoms with Crippen molar-refractivity contribution in [2.45, 2.75) is 111 Å². The van der Waals surface area contributed by atoms with Gasteiger partial charge in [0, 0.05) is 38.8 Å². The number of aromatic carboxylic acids is 1. The number of carboxylic acids is 1. The van der Waals surface area contributed by atoms with Crippen LogP contribution >= 0.6 is 0 Å². The summed E-state index contributed by atoms with van der Waals surface area (Å²) in [7, 11) is -2.86. The Labute approximate surface area is 308 Å². The van der Waals surface area contributed by atoms with Gasteiger partial charge in [0.2, 0.25) is 0 Å². The molecule has 0 radical (unpaired) electrons. The predicted molar refractivity (Wildman–Crippen MR) is 205 cm³/mol. The van der Waals surface area contributed by atoms with Crippen LogP contribution in [0.4, 0.5) is 0 Å². The molecule has 5 aliphatic carbocycles. The molecule has 8 heteroatoms. The van der Waals surface area contributed by atoms with Gasteiger partial charge in [-0.25, -0.2) is 13.2 Å². The minimum Gasteiger partial charge on any atom is -0.478 e. The molecule has 3 N–H and O–H groups in total. The van der Waals surface area contributed by atoms with E-state index in [1.54, 1.807) is 12.1 Å². The van der Waals surface area contributed by atoms with E-state index in [0.29, 0.717) is 66.8 Å². The number of rotatable bonds is 7. The van der Waals surface area contributed by atoms with E-state index < -0.39 is 15.8 Å². The maximum absolute atomic E-state index is 12.0. The van der Waals surface area contributed by atoms with E-state index in [2.05, 4.69) is 50.9 Å². The highest BCUT2D eigenvalue weighted by atomic mass is 32.2. The van der Waals surface area contributed by atoms with E-state index >= 15 is 0 Å². The maximum atomic E-state index is 12.0. The molecule has 1 saturated heterocycles. The summed E-state index contributed by atoms with van der Waals surface area (Å²) in [4.78, 5) is 13.9. The number of aliphatic hydroxyl groups is 1. The molecule has 5 fully saturated rings. The molecule has 284 valence electrons. The zero-order valence-corrected chi connectivity index (χ0v) is 32.9. The number of aliphatic hydroxyl groups excluding tert-OH is 1. The number of hydrogen-bond acceptors (Lipinski definition) is 6. The molecule has 1 aliphatic heterocycles. The van der Waals surface area contributed by atoms with Gasteiger partial charge in [-0.2, -0.15) is 0 Å². The van der Waals surface area contributed by atoms with Crippen molar-refractivity contribution in [2.24, 2.45) is 57.2 Å². The van der Waals surface area contributed by atoms with Crippen molar-refractivity contribution in [1.29, 1.82) is 0 Å². The molecule has 1 aromatic rings. The van der Waals surface area contributed by atoms with Crippen LogP contribution in [0, 0.1) is 57.2 Å². The van der Waals surface area contributed by atoms with Crippen molar-refractivity contribution in [3.05, 3.63) is 41.5 Å². The third kappa shape index (κ3) is 6.58. The average Bonchev–Trinajstić information content (AvgIpc) is 3.48. The van der Waals surface area contributed by atoms with Gasteiger partial charge in [-0.15, -0.1) is 0 Å². The van der Waals surface area contributed by atoms with E-state index in [0.717, 1.165) is 25.9 Å². The largest absolute Gasteiger partial charge is 0.478 e. The molecule has 51 heavy (non-hydrogen) atoms. The Balaban J connectivity index is 1.14. The first kappa shape index (κ1) is 37.6. The number of fused-ring (bicyclic) bond motifs is 8. The summed E-state index contributed by atoms with van der Waals surface area (Å²) in [6.07, 6.45) is 16.0. The van der Waals surface area contributed by atoms with Gasteiger partial charge in [-0.05, 0) is 145 Å². The van der Waals surface area contributed by atoms with Crippen LogP contribution < -0.4 is 5.32 Å². The lowest BCUT2D eigenvalue weighted by Gasteiger charge is -2.66. The van der Waals surface area contributed by atoms with Gasteiger partial charge in [0.1, 0.15) is 0 Å². The fraction of sp³-hybridized carbons (Fsp3) is 0.791. The highest BCUT2D eigenvalue weighted by molar-refractivity contribution is 7.91. The molecule has 0 amide bonds. The molecule has 7 nitrogen and oxygen atoms in total. The van der Waals surface area contributed by atoms with E-state index in [-0.39, 0.29) is 33.2 Å². The van der Waals surface area contributed by atoms with Crippen molar-refractivity contribution in [3.63, 3.8) is 0 Å². The molecule has 2 bridgehead atoms. The first-order valence-electron chi connectivity index (χ1n) is 20.4. The molecular formula is C43H66N2O5S. The second kappa shape index (κ2) is 13.8.